The summed E-state index contributed by atoms with van der Waals surface area (Å²) in [6, 6.07) is 7.03. The van der Waals surface area contributed by atoms with E-state index in [2.05, 4.69) is 25.5 Å². The minimum atomic E-state index is -0.756. The van der Waals surface area contributed by atoms with Crippen LogP contribution in [0.4, 0.5) is 0 Å². The SMILES string of the molecule is COC(=O)C(N)COc1cccc(C(C)(C)C)c1. The summed E-state index contributed by atoms with van der Waals surface area (Å²) in [5.41, 5.74) is 6.83. The van der Waals surface area contributed by atoms with E-state index in [-0.39, 0.29) is 12.0 Å². The number of hydrogen-bond donors (Lipinski definition) is 1. The van der Waals surface area contributed by atoms with Crippen LogP contribution in [0.3, 0.4) is 0 Å². The van der Waals surface area contributed by atoms with Gasteiger partial charge in [0.15, 0.2) is 0 Å². The smallest absolute Gasteiger partial charge is 0.326 e. The van der Waals surface area contributed by atoms with E-state index in [4.69, 9.17) is 10.5 Å². The first kappa shape index (κ1) is 14.5. The lowest BCUT2D eigenvalue weighted by Crippen LogP contribution is -2.37. The van der Waals surface area contributed by atoms with Crippen molar-refractivity contribution in [1.82, 2.24) is 0 Å². The van der Waals surface area contributed by atoms with Crippen LogP contribution in [0, 0.1) is 0 Å². The molecule has 1 aromatic carbocycles. The molecule has 0 aliphatic rings. The Balaban J connectivity index is 2.66. The molecule has 100 valence electrons. The fraction of sp³-hybridized carbons (Fsp3) is 0.500. The first-order valence-electron chi connectivity index (χ1n) is 5.91. The lowest BCUT2D eigenvalue weighted by atomic mass is 9.87. The highest BCUT2D eigenvalue weighted by molar-refractivity contribution is 5.75. The highest BCUT2D eigenvalue weighted by atomic mass is 16.5. The van der Waals surface area contributed by atoms with E-state index in [0.717, 1.165) is 0 Å². The average molecular weight is 251 g/mol. The summed E-state index contributed by atoms with van der Waals surface area (Å²) in [7, 11) is 1.31. The maximum absolute atomic E-state index is 11.1. The van der Waals surface area contributed by atoms with Gasteiger partial charge in [-0.2, -0.15) is 0 Å². The molecule has 1 rings (SSSR count). The summed E-state index contributed by atoms with van der Waals surface area (Å²) in [5.74, 6) is 0.240. The summed E-state index contributed by atoms with van der Waals surface area (Å²) in [6.45, 7) is 6.51. The van der Waals surface area contributed by atoms with E-state index in [9.17, 15) is 4.79 Å². The van der Waals surface area contributed by atoms with Crippen LogP contribution in [0.5, 0.6) is 5.75 Å². The van der Waals surface area contributed by atoms with E-state index in [0.29, 0.717) is 5.75 Å². The van der Waals surface area contributed by atoms with Crippen molar-refractivity contribution in [2.75, 3.05) is 13.7 Å². The van der Waals surface area contributed by atoms with E-state index >= 15 is 0 Å². The molecule has 0 spiro atoms. The fourth-order valence-corrected chi connectivity index (χ4v) is 1.46. The van der Waals surface area contributed by atoms with Gasteiger partial charge < -0.3 is 15.2 Å². The van der Waals surface area contributed by atoms with Crippen LogP contribution in [-0.4, -0.2) is 25.7 Å². The van der Waals surface area contributed by atoms with Gasteiger partial charge >= 0.3 is 5.97 Å². The summed E-state index contributed by atoms with van der Waals surface area (Å²) in [4.78, 5) is 11.1. The van der Waals surface area contributed by atoms with Crippen molar-refractivity contribution in [3.8, 4) is 5.75 Å². The number of carbonyl (C=O) groups excluding carboxylic acids is 1. The van der Waals surface area contributed by atoms with Gasteiger partial charge in [-0.15, -0.1) is 0 Å². The Morgan fingerprint density at radius 3 is 2.61 bits per heavy atom. The van der Waals surface area contributed by atoms with Crippen LogP contribution in [0.1, 0.15) is 26.3 Å². The fourth-order valence-electron chi connectivity index (χ4n) is 1.46. The van der Waals surface area contributed by atoms with E-state index in [1.54, 1.807) is 0 Å². The van der Waals surface area contributed by atoms with Crippen molar-refractivity contribution in [1.29, 1.82) is 0 Å². The molecule has 0 aliphatic carbocycles. The molecule has 0 aliphatic heterocycles. The van der Waals surface area contributed by atoms with E-state index in [1.165, 1.54) is 12.7 Å². The minimum Gasteiger partial charge on any atom is -0.491 e. The molecule has 1 unspecified atom stereocenters. The predicted molar refractivity (Wildman–Crippen MR) is 70.6 cm³/mol. The number of nitrogens with two attached hydrogens (primary N) is 1. The molecule has 18 heavy (non-hydrogen) atoms. The molecule has 4 nitrogen and oxygen atoms in total. The molecular formula is C14H21NO3. The zero-order valence-electron chi connectivity index (χ0n) is 11.4. The largest absolute Gasteiger partial charge is 0.491 e. The number of carbonyl (C=O) groups is 1. The molecule has 4 heteroatoms. The summed E-state index contributed by atoms with van der Waals surface area (Å²) < 4.78 is 10.0. The second-order valence-corrected chi connectivity index (χ2v) is 5.22. The van der Waals surface area contributed by atoms with Gasteiger partial charge in [-0.1, -0.05) is 32.9 Å². The standard InChI is InChI=1S/C14H21NO3/c1-14(2,3)10-6-5-7-11(8-10)18-9-12(15)13(16)17-4/h5-8,12H,9,15H2,1-4H3. The molecule has 1 aromatic rings. The van der Waals surface area contributed by atoms with Crippen molar-refractivity contribution in [2.24, 2.45) is 5.73 Å². The predicted octanol–water partition coefficient (Wildman–Crippen LogP) is 1.86. The lowest BCUT2D eigenvalue weighted by molar-refractivity contribution is -0.142. The molecule has 0 saturated heterocycles. The zero-order chi connectivity index (χ0) is 13.8. The Hall–Kier alpha value is -1.55. The molecule has 0 heterocycles. The van der Waals surface area contributed by atoms with Crippen molar-refractivity contribution in [2.45, 2.75) is 32.2 Å². The summed E-state index contributed by atoms with van der Waals surface area (Å²) >= 11 is 0. The van der Waals surface area contributed by atoms with Crippen LogP contribution in [0.25, 0.3) is 0 Å². The van der Waals surface area contributed by atoms with Gasteiger partial charge in [0.25, 0.3) is 0 Å². The molecule has 1 atom stereocenters. The first-order chi connectivity index (χ1) is 8.34. The van der Waals surface area contributed by atoms with Gasteiger partial charge in [-0.05, 0) is 23.1 Å². The van der Waals surface area contributed by atoms with Gasteiger partial charge in [0.05, 0.1) is 7.11 Å². The summed E-state index contributed by atoms with van der Waals surface area (Å²) in [6.07, 6.45) is 0. The average Bonchev–Trinajstić information content (AvgIpc) is 2.34. The third-order valence-corrected chi connectivity index (χ3v) is 2.63. The molecule has 0 fully saturated rings. The Morgan fingerprint density at radius 1 is 1.39 bits per heavy atom. The Morgan fingerprint density at radius 2 is 2.06 bits per heavy atom. The quantitative estimate of drug-likeness (QED) is 0.830. The number of esters is 1. The summed E-state index contributed by atoms with van der Waals surface area (Å²) in [5, 5.41) is 0. The van der Waals surface area contributed by atoms with Crippen LogP contribution >= 0.6 is 0 Å². The zero-order valence-corrected chi connectivity index (χ0v) is 11.4. The van der Waals surface area contributed by atoms with Crippen molar-refractivity contribution in [3.05, 3.63) is 29.8 Å². The van der Waals surface area contributed by atoms with Gasteiger partial charge in [0.2, 0.25) is 0 Å². The van der Waals surface area contributed by atoms with Gasteiger partial charge in [0.1, 0.15) is 18.4 Å². The maximum Gasteiger partial charge on any atom is 0.326 e. The monoisotopic (exact) mass is 251 g/mol. The minimum absolute atomic E-state index is 0.0594. The number of methoxy groups -OCH3 is 1. The van der Waals surface area contributed by atoms with Crippen LogP contribution in [-0.2, 0) is 14.9 Å². The van der Waals surface area contributed by atoms with Crippen LogP contribution in [0.2, 0.25) is 0 Å². The number of hydrogen-bond acceptors (Lipinski definition) is 4. The lowest BCUT2D eigenvalue weighted by Gasteiger charge is -2.20. The number of benzene rings is 1. The Kier molecular flexibility index (Phi) is 4.73. The third kappa shape index (κ3) is 4.04. The van der Waals surface area contributed by atoms with Gasteiger partial charge in [0, 0.05) is 0 Å². The van der Waals surface area contributed by atoms with Gasteiger partial charge in [-0.3, -0.25) is 4.79 Å². The molecule has 0 bridgehead atoms. The van der Waals surface area contributed by atoms with Crippen molar-refractivity contribution >= 4 is 5.97 Å². The molecule has 0 aromatic heterocycles. The normalized spacial score (nSPS) is 12.9. The first-order valence-corrected chi connectivity index (χ1v) is 5.91. The van der Waals surface area contributed by atoms with Crippen LogP contribution in [0.15, 0.2) is 24.3 Å². The third-order valence-electron chi connectivity index (χ3n) is 2.63. The molecular weight excluding hydrogens is 230 g/mol. The van der Waals surface area contributed by atoms with Crippen molar-refractivity contribution < 1.29 is 14.3 Å². The highest BCUT2D eigenvalue weighted by Crippen LogP contribution is 2.25. The second kappa shape index (κ2) is 5.87. The highest BCUT2D eigenvalue weighted by Gasteiger charge is 2.16. The Labute approximate surface area is 108 Å². The maximum atomic E-state index is 11.1. The van der Waals surface area contributed by atoms with E-state index < -0.39 is 12.0 Å². The van der Waals surface area contributed by atoms with Crippen LogP contribution < -0.4 is 10.5 Å². The number of rotatable bonds is 4. The molecule has 0 amide bonds. The van der Waals surface area contributed by atoms with E-state index in [1.807, 2.05) is 24.3 Å². The van der Waals surface area contributed by atoms with Crippen molar-refractivity contribution in [3.63, 3.8) is 0 Å². The number of ether oxygens (including phenoxy) is 2. The second-order valence-electron chi connectivity index (χ2n) is 5.22. The molecule has 2 N–H and O–H groups in total. The molecule has 0 saturated carbocycles. The Bertz CT molecular complexity index is 410. The topological polar surface area (TPSA) is 61.5 Å². The molecule has 0 radical (unpaired) electrons. The van der Waals surface area contributed by atoms with Gasteiger partial charge in [-0.25, -0.2) is 0 Å².